The lowest BCUT2D eigenvalue weighted by Crippen LogP contribution is -2.57. The Labute approximate surface area is 221 Å². The zero-order chi connectivity index (χ0) is 25.4. The van der Waals surface area contributed by atoms with E-state index in [4.69, 9.17) is 0 Å². The molecule has 5 rings (SSSR count). The Balaban J connectivity index is 0.00000320. The zero-order valence-corrected chi connectivity index (χ0v) is 21.6. The maximum Gasteiger partial charge on any atom is 0.228 e. The Kier molecular flexibility index (Phi) is 7.80. The van der Waals surface area contributed by atoms with Gasteiger partial charge in [0.25, 0.3) is 0 Å². The number of aromatic nitrogens is 2. The van der Waals surface area contributed by atoms with Crippen molar-refractivity contribution in [2.45, 2.75) is 25.4 Å². The SMILES string of the molecule is C[C@@H]1CN(C(=O)[C@@H]2CN(c3ncccn3)C[C@H]2c2ccc(F)cc2F)C[C@H](C)[C@]1(O)c1ccccc1.Cl. The van der Waals surface area contributed by atoms with Crippen LogP contribution in [0.1, 0.15) is 30.9 Å². The summed E-state index contributed by atoms with van der Waals surface area (Å²) < 4.78 is 28.5. The molecule has 2 aliphatic heterocycles. The molecule has 5 atom stereocenters. The average molecular weight is 529 g/mol. The van der Waals surface area contributed by atoms with Gasteiger partial charge in [0.15, 0.2) is 0 Å². The van der Waals surface area contributed by atoms with E-state index < -0.39 is 29.1 Å². The van der Waals surface area contributed by atoms with Crippen LogP contribution in [0.2, 0.25) is 0 Å². The number of aliphatic hydroxyl groups is 1. The Morgan fingerprint density at radius 2 is 1.59 bits per heavy atom. The molecule has 0 saturated carbocycles. The quantitative estimate of drug-likeness (QED) is 0.543. The predicted octanol–water partition coefficient (Wildman–Crippen LogP) is 4.40. The lowest BCUT2D eigenvalue weighted by molar-refractivity contribution is -0.152. The lowest BCUT2D eigenvalue weighted by Gasteiger charge is -2.48. The molecule has 2 fully saturated rings. The molecular formula is C28H31ClF2N4O2. The van der Waals surface area contributed by atoms with Gasteiger partial charge >= 0.3 is 0 Å². The van der Waals surface area contributed by atoms with Crippen molar-refractivity contribution in [2.75, 3.05) is 31.1 Å². The van der Waals surface area contributed by atoms with Crippen LogP contribution in [0.25, 0.3) is 0 Å². The molecule has 0 aliphatic carbocycles. The van der Waals surface area contributed by atoms with Crippen LogP contribution >= 0.6 is 12.4 Å². The second-order valence-electron chi connectivity index (χ2n) is 10.1. The molecule has 0 radical (unpaired) electrons. The van der Waals surface area contributed by atoms with Gasteiger partial charge in [0.2, 0.25) is 11.9 Å². The van der Waals surface area contributed by atoms with Crippen LogP contribution in [-0.4, -0.2) is 52.1 Å². The Morgan fingerprint density at radius 1 is 0.946 bits per heavy atom. The van der Waals surface area contributed by atoms with Gasteiger partial charge in [-0.3, -0.25) is 4.79 Å². The first kappa shape index (κ1) is 26.9. The van der Waals surface area contributed by atoms with Gasteiger partial charge < -0.3 is 14.9 Å². The van der Waals surface area contributed by atoms with Gasteiger partial charge in [-0.25, -0.2) is 18.7 Å². The Morgan fingerprint density at radius 3 is 2.22 bits per heavy atom. The number of hydrogen-bond donors (Lipinski definition) is 1. The molecule has 9 heteroatoms. The largest absolute Gasteiger partial charge is 0.384 e. The molecule has 37 heavy (non-hydrogen) atoms. The van der Waals surface area contributed by atoms with Gasteiger partial charge in [-0.2, -0.15) is 0 Å². The van der Waals surface area contributed by atoms with Gasteiger partial charge in [-0.05, 0) is 23.3 Å². The molecule has 6 nitrogen and oxygen atoms in total. The summed E-state index contributed by atoms with van der Waals surface area (Å²) in [5.74, 6) is -2.40. The minimum atomic E-state index is -1.06. The molecule has 3 aromatic rings. The van der Waals surface area contributed by atoms with Gasteiger partial charge in [0.1, 0.15) is 11.6 Å². The topological polar surface area (TPSA) is 69.6 Å². The second kappa shape index (κ2) is 10.7. The third kappa shape index (κ3) is 4.92. The number of rotatable bonds is 4. The van der Waals surface area contributed by atoms with Crippen LogP contribution in [0.3, 0.4) is 0 Å². The summed E-state index contributed by atoms with van der Waals surface area (Å²) in [5, 5.41) is 11.7. The number of nitrogens with zero attached hydrogens (tertiary/aromatic N) is 4. The number of piperidine rings is 1. The van der Waals surface area contributed by atoms with Crippen LogP contribution in [0.4, 0.5) is 14.7 Å². The standard InChI is InChI=1S/C28H30F2N4O2.ClH/c1-18-14-33(15-19(2)28(18,36)20-7-4-3-5-8-20)26(35)24-17-34(27-31-11-6-12-32-27)16-23(24)22-10-9-21(29)13-25(22)30;/h3-13,18-19,23-24,36H,14-17H2,1-2H3;1H/t18-,19+,23-,24+,28+;/m0./s1. The van der Waals surface area contributed by atoms with Crippen LogP contribution < -0.4 is 4.90 Å². The summed E-state index contributed by atoms with van der Waals surface area (Å²) in [4.78, 5) is 26.3. The first-order chi connectivity index (χ1) is 17.3. The van der Waals surface area contributed by atoms with Crippen molar-refractivity contribution >= 4 is 24.3 Å². The van der Waals surface area contributed by atoms with Crippen LogP contribution in [0.5, 0.6) is 0 Å². The molecule has 0 bridgehead atoms. The fourth-order valence-electron chi connectivity index (χ4n) is 5.98. The number of benzene rings is 2. The molecule has 0 spiro atoms. The number of carbonyl (C=O) groups is 1. The Hall–Kier alpha value is -3.10. The van der Waals surface area contributed by atoms with Crippen molar-refractivity contribution in [3.05, 3.63) is 89.8 Å². The molecule has 0 unspecified atom stereocenters. The van der Waals surface area contributed by atoms with E-state index in [0.29, 0.717) is 37.7 Å². The number of hydrogen-bond acceptors (Lipinski definition) is 5. The number of anilines is 1. The van der Waals surface area contributed by atoms with E-state index in [9.17, 15) is 18.7 Å². The molecule has 1 amide bonds. The maximum atomic E-state index is 14.9. The van der Waals surface area contributed by atoms with Gasteiger partial charge in [-0.15, -0.1) is 12.4 Å². The molecular weight excluding hydrogens is 498 g/mol. The first-order valence-corrected chi connectivity index (χ1v) is 12.3. The van der Waals surface area contributed by atoms with E-state index in [1.807, 2.05) is 49.1 Å². The van der Waals surface area contributed by atoms with E-state index in [0.717, 1.165) is 11.6 Å². The average Bonchev–Trinajstić information content (AvgIpc) is 3.32. The summed E-state index contributed by atoms with van der Waals surface area (Å²) >= 11 is 0. The number of halogens is 3. The molecule has 3 heterocycles. The van der Waals surface area contributed by atoms with Gasteiger partial charge in [0.05, 0.1) is 11.5 Å². The first-order valence-electron chi connectivity index (χ1n) is 12.3. The summed E-state index contributed by atoms with van der Waals surface area (Å²) in [6.07, 6.45) is 3.26. The van der Waals surface area contributed by atoms with Crippen LogP contribution in [0.15, 0.2) is 67.0 Å². The highest BCUT2D eigenvalue weighted by molar-refractivity contribution is 5.85. The van der Waals surface area contributed by atoms with Gasteiger partial charge in [0, 0.05) is 62.4 Å². The van der Waals surface area contributed by atoms with E-state index in [-0.39, 0.29) is 30.2 Å². The molecule has 2 aliphatic rings. The van der Waals surface area contributed by atoms with Gasteiger partial charge in [-0.1, -0.05) is 50.2 Å². The van der Waals surface area contributed by atoms with Crippen molar-refractivity contribution in [3.63, 3.8) is 0 Å². The Bertz CT molecular complexity index is 1220. The minimum absolute atomic E-state index is 0. The zero-order valence-electron chi connectivity index (χ0n) is 20.8. The highest BCUT2D eigenvalue weighted by atomic mass is 35.5. The van der Waals surface area contributed by atoms with Crippen molar-refractivity contribution in [1.29, 1.82) is 0 Å². The summed E-state index contributed by atoms with van der Waals surface area (Å²) in [7, 11) is 0. The van der Waals surface area contributed by atoms with Crippen molar-refractivity contribution in [1.82, 2.24) is 14.9 Å². The summed E-state index contributed by atoms with van der Waals surface area (Å²) in [6.45, 7) is 5.34. The minimum Gasteiger partial charge on any atom is -0.384 e. The van der Waals surface area contributed by atoms with Crippen molar-refractivity contribution in [2.24, 2.45) is 17.8 Å². The van der Waals surface area contributed by atoms with E-state index >= 15 is 0 Å². The monoisotopic (exact) mass is 528 g/mol. The highest BCUT2D eigenvalue weighted by Crippen LogP contribution is 2.43. The summed E-state index contributed by atoms with van der Waals surface area (Å²) in [6, 6.07) is 14.8. The van der Waals surface area contributed by atoms with E-state index in [1.54, 1.807) is 23.4 Å². The third-order valence-electron chi connectivity index (χ3n) is 7.87. The molecule has 1 aromatic heterocycles. The van der Waals surface area contributed by atoms with Crippen LogP contribution in [-0.2, 0) is 10.4 Å². The highest BCUT2D eigenvalue weighted by Gasteiger charge is 2.49. The lowest BCUT2D eigenvalue weighted by atomic mass is 9.70. The molecule has 2 aromatic carbocycles. The fourth-order valence-corrected chi connectivity index (χ4v) is 5.98. The van der Waals surface area contributed by atoms with Crippen LogP contribution in [0, 0.1) is 29.4 Å². The van der Waals surface area contributed by atoms with E-state index in [1.165, 1.54) is 12.1 Å². The summed E-state index contributed by atoms with van der Waals surface area (Å²) in [5.41, 5.74) is 0.101. The molecule has 1 N–H and O–H groups in total. The second-order valence-corrected chi connectivity index (χ2v) is 10.1. The van der Waals surface area contributed by atoms with Crippen molar-refractivity contribution < 1.29 is 18.7 Å². The predicted molar refractivity (Wildman–Crippen MR) is 139 cm³/mol. The molecule has 2 saturated heterocycles. The molecule has 196 valence electrons. The normalized spacial score (nSPS) is 27.6. The van der Waals surface area contributed by atoms with E-state index in [2.05, 4.69) is 9.97 Å². The maximum absolute atomic E-state index is 14.9. The third-order valence-corrected chi connectivity index (χ3v) is 7.87. The number of likely N-dealkylation sites (tertiary alicyclic amines) is 1. The smallest absolute Gasteiger partial charge is 0.228 e. The number of amides is 1. The number of carbonyl (C=O) groups excluding carboxylic acids is 1. The fraction of sp³-hybridized carbons (Fsp3) is 0.393. The van der Waals surface area contributed by atoms with Crippen molar-refractivity contribution in [3.8, 4) is 0 Å².